The van der Waals surface area contributed by atoms with Gasteiger partial charge in [-0.15, -0.1) is 0 Å². The Morgan fingerprint density at radius 2 is 1.88 bits per heavy atom. The summed E-state index contributed by atoms with van der Waals surface area (Å²) in [6, 6.07) is 2.98. The number of aromatic nitrogens is 5. The molecule has 14 heteroatoms. The van der Waals surface area contributed by atoms with Gasteiger partial charge in [0, 0.05) is 38.9 Å². The maximum atomic E-state index is 15.1. The summed E-state index contributed by atoms with van der Waals surface area (Å²) in [5.74, 6) is 0.0388. The van der Waals surface area contributed by atoms with Gasteiger partial charge >= 0.3 is 6.09 Å². The standard InChI is InChI=1S/C28H30Cl2FN7O4/c1-28(2,3)42-27(39)37-9-7-36(8-10-37)25-16-12-20(29)35-26(23(16)32-15-33-25)41-24-17-14-34-38(21-6-4-5-11-40-21)19(17)13-18(31)22(24)30/h12-15,21H,4-11H2,1-3H3. The average Bonchev–Trinajstić information content (AvgIpc) is 3.38. The molecule has 1 amide bonds. The van der Waals surface area contributed by atoms with E-state index in [1.165, 1.54) is 12.4 Å². The molecule has 2 aliphatic rings. The quantitative estimate of drug-likeness (QED) is 0.241. The molecule has 0 aliphatic carbocycles. The van der Waals surface area contributed by atoms with Gasteiger partial charge in [0.25, 0.3) is 0 Å². The van der Waals surface area contributed by atoms with Crippen LogP contribution in [0.3, 0.4) is 0 Å². The van der Waals surface area contributed by atoms with Gasteiger partial charge in [0.2, 0.25) is 5.88 Å². The number of carbonyl (C=O) groups excluding carboxylic acids is 1. The van der Waals surface area contributed by atoms with Gasteiger partial charge in [-0.2, -0.15) is 10.1 Å². The lowest BCUT2D eigenvalue weighted by molar-refractivity contribution is -0.0366. The summed E-state index contributed by atoms with van der Waals surface area (Å²) in [5.41, 5.74) is 0.286. The molecule has 222 valence electrons. The fraction of sp³-hybridized carbons (Fsp3) is 0.464. The van der Waals surface area contributed by atoms with E-state index in [2.05, 4.69) is 20.1 Å². The van der Waals surface area contributed by atoms with E-state index < -0.39 is 11.4 Å². The third-order valence-corrected chi connectivity index (χ3v) is 7.69. The Morgan fingerprint density at radius 3 is 2.60 bits per heavy atom. The second kappa shape index (κ2) is 11.3. The molecule has 1 unspecified atom stereocenters. The molecule has 1 atom stereocenters. The fourth-order valence-corrected chi connectivity index (χ4v) is 5.57. The summed E-state index contributed by atoms with van der Waals surface area (Å²) in [4.78, 5) is 29.5. The molecule has 0 spiro atoms. The van der Waals surface area contributed by atoms with Crippen LogP contribution in [0.5, 0.6) is 11.6 Å². The number of fused-ring (bicyclic) bond motifs is 2. The summed E-state index contributed by atoms with van der Waals surface area (Å²) in [6.45, 7) is 8.06. The van der Waals surface area contributed by atoms with Crippen LogP contribution in [0, 0.1) is 5.82 Å². The normalized spacial score (nSPS) is 18.1. The number of rotatable bonds is 4. The lowest BCUT2D eigenvalue weighted by Crippen LogP contribution is -2.50. The van der Waals surface area contributed by atoms with Crippen molar-refractivity contribution in [2.45, 2.75) is 51.9 Å². The Morgan fingerprint density at radius 1 is 1.10 bits per heavy atom. The van der Waals surface area contributed by atoms with Gasteiger partial charge in [-0.1, -0.05) is 23.2 Å². The minimum Gasteiger partial charge on any atom is -0.444 e. The number of nitrogens with zero attached hydrogens (tertiary/aromatic N) is 7. The van der Waals surface area contributed by atoms with Gasteiger partial charge in [0.15, 0.2) is 12.0 Å². The van der Waals surface area contributed by atoms with E-state index in [9.17, 15) is 4.79 Å². The van der Waals surface area contributed by atoms with Crippen molar-refractivity contribution in [3.63, 3.8) is 0 Å². The second-order valence-corrected chi connectivity index (χ2v) is 12.0. The highest BCUT2D eigenvalue weighted by molar-refractivity contribution is 6.33. The molecule has 0 bridgehead atoms. The van der Waals surface area contributed by atoms with Crippen molar-refractivity contribution >= 4 is 56.9 Å². The number of halogens is 3. The van der Waals surface area contributed by atoms with E-state index >= 15 is 4.39 Å². The minimum absolute atomic E-state index is 0.0454. The van der Waals surface area contributed by atoms with Crippen molar-refractivity contribution in [1.29, 1.82) is 0 Å². The van der Waals surface area contributed by atoms with Crippen molar-refractivity contribution in [3.05, 3.63) is 40.6 Å². The van der Waals surface area contributed by atoms with Crippen LogP contribution in [0.4, 0.5) is 15.0 Å². The first-order chi connectivity index (χ1) is 20.1. The molecule has 0 N–H and O–H groups in total. The number of pyridine rings is 1. The number of hydrogen-bond donors (Lipinski definition) is 0. The molecule has 5 heterocycles. The van der Waals surface area contributed by atoms with Crippen LogP contribution >= 0.6 is 23.2 Å². The molecular formula is C28H30Cl2FN7O4. The van der Waals surface area contributed by atoms with Crippen molar-refractivity contribution in [3.8, 4) is 11.6 Å². The number of ether oxygens (including phenoxy) is 3. The molecule has 0 radical (unpaired) electrons. The number of benzene rings is 1. The maximum Gasteiger partial charge on any atom is 0.410 e. The SMILES string of the molecule is CC(C)(C)OC(=O)N1CCN(c2ncnc3c(Oc4c(Cl)c(F)cc5c4cnn5C4CCCCO4)nc(Cl)cc23)CC1. The lowest BCUT2D eigenvalue weighted by atomic mass is 10.2. The number of hydrogen-bond acceptors (Lipinski definition) is 9. The van der Waals surface area contributed by atoms with Crippen molar-refractivity contribution in [1.82, 2.24) is 29.6 Å². The van der Waals surface area contributed by atoms with Crippen LogP contribution in [0.15, 0.2) is 24.7 Å². The van der Waals surface area contributed by atoms with Gasteiger partial charge in [-0.3, -0.25) is 0 Å². The molecule has 2 fully saturated rings. The lowest BCUT2D eigenvalue weighted by Gasteiger charge is -2.36. The molecule has 2 saturated heterocycles. The van der Waals surface area contributed by atoms with Crippen molar-refractivity contribution in [2.24, 2.45) is 0 Å². The third-order valence-electron chi connectivity index (χ3n) is 7.15. The molecule has 2 aliphatic heterocycles. The Labute approximate surface area is 251 Å². The topological polar surface area (TPSA) is 108 Å². The van der Waals surface area contributed by atoms with Gasteiger partial charge in [0.05, 0.1) is 22.5 Å². The van der Waals surface area contributed by atoms with Crippen LogP contribution in [0.1, 0.15) is 46.3 Å². The molecule has 6 rings (SSSR count). The Hall–Kier alpha value is -3.48. The van der Waals surface area contributed by atoms with Crippen LogP contribution in [0.25, 0.3) is 21.8 Å². The Kier molecular flexibility index (Phi) is 7.71. The summed E-state index contributed by atoms with van der Waals surface area (Å²) in [5, 5.41) is 5.48. The molecule has 3 aromatic heterocycles. The summed E-state index contributed by atoms with van der Waals surface area (Å²) < 4.78 is 34.3. The first-order valence-electron chi connectivity index (χ1n) is 13.8. The number of piperazine rings is 1. The predicted octanol–water partition coefficient (Wildman–Crippen LogP) is 6.37. The molecule has 1 aromatic carbocycles. The van der Waals surface area contributed by atoms with E-state index in [1.54, 1.807) is 21.8 Å². The minimum atomic E-state index is -0.666. The van der Waals surface area contributed by atoms with Crippen LogP contribution in [-0.2, 0) is 9.47 Å². The highest BCUT2D eigenvalue weighted by Crippen LogP contribution is 2.42. The van der Waals surface area contributed by atoms with Gasteiger partial charge in [0.1, 0.15) is 39.3 Å². The number of anilines is 1. The van der Waals surface area contributed by atoms with E-state index in [0.717, 1.165) is 19.3 Å². The van der Waals surface area contributed by atoms with Crippen molar-refractivity contribution < 1.29 is 23.4 Å². The van der Waals surface area contributed by atoms with E-state index in [4.69, 9.17) is 37.4 Å². The monoisotopic (exact) mass is 617 g/mol. The molecule has 11 nitrogen and oxygen atoms in total. The Bertz CT molecular complexity index is 1650. The fourth-order valence-electron chi connectivity index (χ4n) is 5.18. The number of carbonyl (C=O) groups is 1. The van der Waals surface area contributed by atoms with Gasteiger partial charge < -0.3 is 24.0 Å². The Balaban J connectivity index is 1.32. The van der Waals surface area contributed by atoms with E-state index in [1.807, 2.05) is 25.7 Å². The van der Waals surface area contributed by atoms with Crippen LogP contribution < -0.4 is 9.64 Å². The predicted molar refractivity (Wildman–Crippen MR) is 156 cm³/mol. The van der Waals surface area contributed by atoms with Crippen molar-refractivity contribution in [2.75, 3.05) is 37.7 Å². The van der Waals surface area contributed by atoms with E-state index in [0.29, 0.717) is 60.4 Å². The zero-order chi connectivity index (χ0) is 29.6. The molecular weight excluding hydrogens is 588 g/mol. The largest absolute Gasteiger partial charge is 0.444 e. The molecule has 0 saturated carbocycles. The summed E-state index contributed by atoms with van der Waals surface area (Å²) in [6.07, 6.45) is 5.05. The second-order valence-electron chi connectivity index (χ2n) is 11.2. The number of amides is 1. The smallest absolute Gasteiger partial charge is 0.410 e. The van der Waals surface area contributed by atoms with E-state index in [-0.39, 0.29) is 34.1 Å². The zero-order valence-corrected chi connectivity index (χ0v) is 25.0. The average molecular weight is 618 g/mol. The van der Waals surface area contributed by atoms with Crippen LogP contribution in [-0.4, -0.2) is 74.1 Å². The first kappa shape index (κ1) is 28.6. The molecule has 42 heavy (non-hydrogen) atoms. The van der Waals surface area contributed by atoms with Gasteiger partial charge in [-0.25, -0.2) is 23.8 Å². The third kappa shape index (κ3) is 5.62. The van der Waals surface area contributed by atoms with Crippen LogP contribution in [0.2, 0.25) is 10.2 Å². The molecule has 4 aromatic rings. The summed E-state index contributed by atoms with van der Waals surface area (Å²) in [7, 11) is 0. The summed E-state index contributed by atoms with van der Waals surface area (Å²) >= 11 is 12.9. The highest BCUT2D eigenvalue weighted by atomic mass is 35.5. The zero-order valence-electron chi connectivity index (χ0n) is 23.4. The maximum absolute atomic E-state index is 15.1. The van der Waals surface area contributed by atoms with Gasteiger partial charge in [-0.05, 0) is 46.1 Å². The highest BCUT2D eigenvalue weighted by Gasteiger charge is 2.28. The first-order valence-corrected chi connectivity index (χ1v) is 14.5.